The maximum atomic E-state index is 13.1. The third-order valence-corrected chi connectivity index (χ3v) is 6.23. The highest BCUT2D eigenvalue weighted by molar-refractivity contribution is 8.00. The van der Waals surface area contributed by atoms with Crippen LogP contribution in [0.3, 0.4) is 0 Å². The molecule has 1 aliphatic rings. The number of carbonyl (C=O) groups excluding carboxylic acids is 1. The van der Waals surface area contributed by atoms with E-state index in [2.05, 4.69) is 4.98 Å². The first kappa shape index (κ1) is 16.3. The number of fused-ring (bicyclic) bond motifs is 1. The first-order valence-electron chi connectivity index (χ1n) is 7.62. The van der Waals surface area contributed by atoms with Crippen molar-refractivity contribution in [2.24, 2.45) is 7.05 Å². The Kier molecular flexibility index (Phi) is 4.09. The van der Waals surface area contributed by atoms with E-state index in [0.717, 1.165) is 11.1 Å². The van der Waals surface area contributed by atoms with Crippen LogP contribution in [0.1, 0.15) is 6.42 Å². The van der Waals surface area contributed by atoms with Gasteiger partial charge in [-0.3, -0.25) is 14.2 Å². The molecule has 3 aromatic rings. The molecule has 0 amide bonds. The van der Waals surface area contributed by atoms with E-state index in [1.54, 1.807) is 19.2 Å². The standard InChI is InChI=1S/C17H13FN2O3S2/c1-20-15(21)13-11(9-2-4-10(18)5-3-9)8-24-14(13)19-17(20)25-12-6-7-23-16(12)22/h2-5,8,12H,6-7H2,1H3/t12-/m0/s1. The molecule has 25 heavy (non-hydrogen) atoms. The number of ether oxygens (including phenoxy) is 1. The summed E-state index contributed by atoms with van der Waals surface area (Å²) in [7, 11) is 1.64. The number of hydrogen-bond donors (Lipinski definition) is 0. The van der Waals surface area contributed by atoms with Crippen LogP contribution < -0.4 is 5.56 Å². The van der Waals surface area contributed by atoms with E-state index in [0.29, 0.717) is 28.4 Å². The van der Waals surface area contributed by atoms with Crippen LogP contribution in [0.5, 0.6) is 0 Å². The van der Waals surface area contributed by atoms with Crippen LogP contribution in [0.25, 0.3) is 21.3 Å². The lowest BCUT2D eigenvalue weighted by molar-refractivity contribution is -0.137. The molecule has 4 rings (SSSR count). The fourth-order valence-electron chi connectivity index (χ4n) is 2.71. The third kappa shape index (κ3) is 2.85. The Morgan fingerprint density at radius 3 is 2.76 bits per heavy atom. The summed E-state index contributed by atoms with van der Waals surface area (Å²) in [4.78, 5) is 29.7. The number of benzene rings is 1. The van der Waals surface area contributed by atoms with Crippen LogP contribution in [0, 0.1) is 5.82 Å². The summed E-state index contributed by atoms with van der Waals surface area (Å²) in [5.41, 5.74) is 1.33. The van der Waals surface area contributed by atoms with Gasteiger partial charge in [0.2, 0.25) is 0 Å². The predicted octanol–water partition coefficient (Wildman–Crippen LogP) is 3.21. The number of halogens is 1. The summed E-state index contributed by atoms with van der Waals surface area (Å²) in [5, 5.41) is 2.53. The van der Waals surface area contributed by atoms with Gasteiger partial charge < -0.3 is 4.74 Å². The van der Waals surface area contributed by atoms with Crippen LogP contribution >= 0.6 is 23.1 Å². The van der Waals surface area contributed by atoms with Crippen molar-refractivity contribution >= 4 is 39.3 Å². The Morgan fingerprint density at radius 2 is 2.08 bits per heavy atom. The minimum atomic E-state index is -0.327. The minimum Gasteiger partial charge on any atom is -0.465 e. The Bertz CT molecular complexity index is 1030. The first-order valence-corrected chi connectivity index (χ1v) is 9.38. The number of rotatable bonds is 3. The Labute approximate surface area is 150 Å². The highest BCUT2D eigenvalue weighted by Gasteiger charge is 2.29. The molecule has 1 saturated heterocycles. The largest absolute Gasteiger partial charge is 0.465 e. The molecule has 8 heteroatoms. The topological polar surface area (TPSA) is 61.2 Å². The van der Waals surface area contributed by atoms with Crippen molar-refractivity contribution < 1.29 is 13.9 Å². The third-order valence-electron chi connectivity index (χ3n) is 4.06. The molecule has 5 nitrogen and oxygen atoms in total. The predicted molar refractivity (Wildman–Crippen MR) is 95.5 cm³/mol. The van der Waals surface area contributed by atoms with Gasteiger partial charge in [-0.1, -0.05) is 23.9 Å². The molecule has 0 aliphatic carbocycles. The second kappa shape index (κ2) is 6.27. The average molecular weight is 376 g/mol. The van der Waals surface area contributed by atoms with Crippen molar-refractivity contribution in [1.29, 1.82) is 0 Å². The number of aromatic nitrogens is 2. The number of cyclic esters (lactones) is 1. The summed E-state index contributed by atoms with van der Waals surface area (Å²) >= 11 is 2.62. The van der Waals surface area contributed by atoms with Crippen molar-refractivity contribution in [1.82, 2.24) is 9.55 Å². The normalized spacial score (nSPS) is 17.2. The second-order valence-corrected chi connectivity index (χ2v) is 7.69. The van der Waals surface area contributed by atoms with Crippen molar-refractivity contribution in [3.8, 4) is 11.1 Å². The van der Waals surface area contributed by atoms with Gasteiger partial charge in [-0.15, -0.1) is 11.3 Å². The molecule has 1 atom stereocenters. The molecule has 0 bridgehead atoms. The SMILES string of the molecule is Cn1c(S[C@H]2CCOC2=O)nc2scc(-c3ccc(F)cc3)c2c1=O. The van der Waals surface area contributed by atoms with Gasteiger partial charge in [0.15, 0.2) is 5.16 Å². The number of thioether (sulfide) groups is 1. The highest BCUT2D eigenvalue weighted by atomic mass is 32.2. The smallest absolute Gasteiger partial charge is 0.319 e. The molecule has 0 spiro atoms. The summed E-state index contributed by atoms with van der Waals surface area (Å²) in [5.74, 6) is -0.589. The first-order chi connectivity index (χ1) is 12.0. The Balaban J connectivity index is 1.80. The second-order valence-electron chi connectivity index (χ2n) is 5.66. The number of esters is 1. The van der Waals surface area contributed by atoms with Crippen LogP contribution in [0.15, 0.2) is 39.6 Å². The van der Waals surface area contributed by atoms with Crippen molar-refractivity contribution in [2.45, 2.75) is 16.8 Å². The van der Waals surface area contributed by atoms with Gasteiger partial charge >= 0.3 is 5.97 Å². The van der Waals surface area contributed by atoms with Crippen molar-refractivity contribution in [2.75, 3.05) is 6.61 Å². The van der Waals surface area contributed by atoms with Crippen molar-refractivity contribution in [3.05, 3.63) is 45.8 Å². The van der Waals surface area contributed by atoms with Gasteiger partial charge in [-0.25, -0.2) is 9.37 Å². The summed E-state index contributed by atoms with van der Waals surface area (Å²) in [6.45, 7) is 0.403. The maximum absolute atomic E-state index is 13.1. The Morgan fingerprint density at radius 1 is 1.32 bits per heavy atom. The van der Waals surface area contributed by atoms with Crippen LogP contribution in [-0.4, -0.2) is 27.4 Å². The molecule has 1 aromatic carbocycles. The zero-order chi connectivity index (χ0) is 17.6. The van der Waals surface area contributed by atoms with Gasteiger partial charge in [0.1, 0.15) is 15.9 Å². The molecule has 0 radical (unpaired) electrons. The molecule has 0 unspecified atom stereocenters. The molecule has 0 saturated carbocycles. The lowest BCUT2D eigenvalue weighted by Crippen LogP contribution is -2.21. The van der Waals surface area contributed by atoms with Gasteiger partial charge in [0, 0.05) is 24.4 Å². The number of nitrogens with zero attached hydrogens (tertiary/aromatic N) is 2. The van der Waals surface area contributed by atoms with Crippen LogP contribution in [-0.2, 0) is 16.6 Å². The van der Waals surface area contributed by atoms with E-state index in [4.69, 9.17) is 4.74 Å². The van der Waals surface area contributed by atoms with E-state index in [9.17, 15) is 14.0 Å². The maximum Gasteiger partial charge on any atom is 0.319 e. The van der Waals surface area contributed by atoms with E-state index in [1.807, 2.05) is 5.38 Å². The zero-order valence-corrected chi connectivity index (χ0v) is 14.8. The number of thiophene rings is 1. The summed E-state index contributed by atoms with van der Waals surface area (Å²) in [6.07, 6.45) is 0.614. The van der Waals surface area contributed by atoms with Gasteiger partial charge in [0.25, 0.3) is 5.56 Å². The van der Waals surface area contributed by atoms with E-state index < -0.39 is 0 Å². The lowest BCUT2D eigenvalue weighted by Gasteiger charge is -2.09. The van der Waals surface area contributed by atoms with Gasteiger partial charge in [-0.2, -0.15) is 0 Å². The van der Waals surface area contributed by atoms with Crippen molar-refractivity contribution in [3.63, 3.8) is 0 Å². The number of carbonyl (C=O) groups is 1. The Hall–Kier alpha value is -2.19. The molecule has 1 aliphatic heterocycles. The molecule has 128 valence electrons. The minimum absolute atomic E-state index is 0.181. The molecule has 2 aromatic heterocycles. The fraction of sp³-hybridized carbons (Fsp3) is 0.235. The number of hydrogen-bond acceptors (Lipinski definition) is 6. The zero-order valence-electron chi connectivity index (χ0n) is 13.2. The van der Waals surface area contributed by atoms with Gasteiger partial charge in [-0.05, 0) is 17.7 Å². The summed E-state index contributed by atoms with van der Waals surface area (Å²) < 4.78 is 19.6. The molecule has 3 heterocycles. The monoisotopic (exact) mass is 376 g/mol. The molecular formula is C17H13FN2O3S2. The summed E-state index contributed by atoms with van der Waals surface area (Å²) in [6, 6.07) is 6.03. The fourth-order valence-corrected chi connectivity index (χ4v) is 4.73. The highest BCUT2D eigenvalue weighted by Crippen LogP contribution is 2.33. The average Bonchev–Trinajstić information content (AvgIpc) is 3.20. The van der Waals surface area contributed by atoms with E-state index >= 15 is 0 Å². The lowest BCUT2D eigenvalue weighted by atomic mass is 10.1. The van der Waals surface area contributed by atoms with Gasteiger partial charge in [0.05, 0.1) is 12.0 Å². The van der Waals surface area contributed by atoms with E-state index in [1.165, 1.54) is 39.8 Å². The molecule has 1 fully saturated rings. The van der Waals surface area contributed by atoms with Crippen LogP contribution in [0.4, 0.5) is 4.39 Å². The van der Waals surface area contributed by atoms with Crippen LogP contribution in [0.2, 0.25) is 0 Å². The van der Waals surface area contributed by atoms with E-state index in [-0.39, 0.29) is 22.6 Å². The molecule has 0 N–H and O–H groups in total. The molecular weight excluding hydrogens is 363 g/mol. The quantitative estimate of drug-likeness (QED) is 0.519.